The lowest BCUT2D eigenvalue weighted by atomic mass is 10.2. The van der Waals surface area contributed by atoms with E-state index in [9.17, 15) is 4.79 Å². The molecule has 0 atom stereocenters. The number of benzene rings is 2. The van der Waals surface area contributed by atoms with Gasteiger partial charge in [-0.25, -0.2) is 0 Å². The van der Waals surface area contributed by atoms with Gasteiger partial charge in [0.25, 0.3) is 5.91 Å². The third-order valence-electron chi connectivity index (χ3n) is 3.69. The Kier molecular flexibility index (Phi) is 6.15. The molecule has 8 heteroatoms. The molecule has 1 fully saturated rings. The van der Waals surface area contributed by atoms with Crippen molar-refractivity contribution in [3.8, 4) is 11.5 Å². The molecule has 2 aromatic rings. The summed E-state index contributed by atoms with van der Waals surface area (Å²) in [7, 11) is 3.14. The van der Waals surface area contributed by atoms with E-state index in [-0.39, 0.29) is 5.91 Å². The van der Waals surface area contributed by atoms with Crippen molar-refractivity contribution in [1.29, 1.82) is 0 Å². The van der Waals surface area contributed by atoms with Gasteiger partial charge in [0.15, 0.2) is 4.32 Å². The van der Waals surface area contributed by atoms with Crippen molar-refractivity contribution in [2.75, 3.05) is 14.2 Å². The molecule has 0 aromatic heterocycles. The fourth-order valence-corrected chi connectivity index (χ4v) is 3.61. The Morgan fingerprint density at radius 3 is 2.56 bits per heavy atom. The molecule has 0 radical (unpaired) electrons. The maximum atomic E-state index is 12.6. The lowest BCUT2D eigenvalue weighted by Gasteiger charge is -2.09. The molecule has 0 spiro atoms. The van der Waals surface area contributed by atoms with Gasteiger partial charge >= 0.3 is 0 Å². The molecule has 1 amide bonds. The van der Waals surface area contributed by atoms with Gasteiger partial charge in [-0.2, -0.15) is 10.1 Å². The molecule has 3 rings (SSSR count). The van der Waals surface area contributed by atoms with E-state index in [2.05, 4.69) is 5.10 Å². The van der Waals surface area contributed by atoms with Crippen LogP contribution in [0, 0.1) is 0 Å². The number of nitrogens with zero attached hydrogens (tertiary/aromatic N) is 2. The molecular weight excluding hydrogens is 404 g/mol. The number of carbonyl (C=O) groups is 1. The van der Waals surface area contributed by atoms with Crippen molar-refractivity contribution >= 4 is 58.1 Å². The average Bonchev–Trinajstić information content (AvgIpc) is 2.94. The molecule has 2 aromatic carbocycles. The zero-order valence-electron chi connectivity index (χ0n) is 14.5. The molecule has 0 aliphatic carbocycles. The van der Waals surface area contributed by atoms with Crippen LogP contribution in [0.15, 0.2) is 52.5 Å². The summed E-state index contributed by atoms with van der Waals surface area (Å²) in [5.41, 5.74) is 1.56. The third-order valence-corrected chi connectivity index (χ3v) is 5.23. The quantitative estimate of drug-likeness (QED) is 0.403. The van der Waals surface area contributed by atoms with Crippen molar-refractivity contribution < 1.29 is 14.3 Å². The SMILES string of the molecule is COc1ccc(/C=N/N2C(=O)/C(=C\c3ccc(Cl)cc3)SC2=S)c(OC)c1. The second-order valence-electron chi connectivity index (χ2n) is 5.40. The first-order chi connectivity index (χ1) is 13.0. The normalized spacial score (nSPS) is 15.8. The van der Waals surface area contributed by atoms with Crippen LogP contribution in [-0.2, 0) is 4.79 Å². The number of ether oxygens (including phenoxy) is 2. The van der Waals surface area contributed by atoms with Gasteiger partial charge in [-0.15, -0.1) is 0 Å². The molecule has 1 aliphatic rings. The average molecular weight is 419 g/mol. The Morgan fingerprint density at radius 2 is 1.89 bits per heavy atom. The van der Waals surface area contributed by atoms with E-state index in [4.69, 9.17) is 33.3 Å². The number of hydrazone groups is 1. The highest BCUT2D eigenvalue weighted by Crippen LogP contribution is 2.33. The summed E-state index contributed by atoms with van der Waals surface area (Å²) in [4.78, 5) is 13.1. The first-order valence-corrected chi connectivity index (χ1v) is 9.41. The largest absolute Gasteiger partial charge is 0.497 e. The van der Waals surface area contributed by atoms with E-state index in [0.29, 0.717) is 31.3 Å². The van der Waals surface area contributed by atoms with E-state index < -0.39 is 0 Å². The topological polar surface area (TPSA) is 51.1 Å². The predicted molar refractivity (Wildman–Crippen MR) is 114 cm³/mol. The third kappa shape index (κ3) is 4.50. The minimum absolute atomic E-state index is 0.274. The van der Waals surface area contributed by atoms with Crippen molar-refractivity contribution in [1.82, 2.24) is 5.01 Å². The molecule has 27 heavy (non-hydrogen) atoms. The zero-order valence-corrected chi connectivity index (χ0v) is 16.9. The second kappa shape index (κ2) is 8.56. The summed E-state index contributed by atoms with van der Waals surface area (Å²) in [6.45, 7) is 0. The van der Waals surface area contributed by atoms with Crippen molar-refractivity contribution in [3.63, 3.8) is 0 Å². The zero-order chi connectivity index (χ0) is 19.4. The van der Waals surface area contributed by atoms with Crippen LogP contribution in [-0.4, -0.2) is 35.7 Å². The minimum atomic E-state index is -0.274. The predicted octanol–water partition coefficient (Wildman–Crippen LogP) is 4.59. The van der Waals surface area contributed by atoms with Crippen LogP contribution in [0.5, 0.6) is 11.5 Å². The lowest BCUT2D eigenvalue weighted by Crippen LogP contribution is -2.22. The van der Waals surface area contributed by atoms with Crippen molar-refractivity contribution in [3.05, 3.63) is 63.5 Å². The standard InChI is InChI=1S/C19H15ClN2O3S2/c1-24-15-8-5-13(16(10-15)25-2)11-21-22-18(23)17(27-19(22)26)9-12-3-6-14(20)7-4-12/h3-11H,1-2H3/b17-9+,21-11+. The summed E-state index contributed by atoms with van der Waals surface area (Å²) >= 11 is 12.4. The molecule has 0 saturated carbocycles. The number of rotatable bonds is 5. The van der Waals surface area contributed by atoms with Gasteiger partial charge in [0, 0.05) is 16.7 Å². The van der Waals surface area contributed by atoms with E-state index in [1.165, 1.54) is 23.0 Å². The number of hydrogen-bond donors (Lipinski definition) is 0. The maximum absolute atomic E-state index is 12.6. The molecular formula is C19H15ClN2O3S2. The molecule has 1 aliphatic heterocycles. The Hall–Kier alpha value is -2.35. The number of methoxy groups -OCH3 is 2. The summed E-state index contributed by atoms with van der Waals surface area (Å²) in [6, 6.07) is 12.5. The monoisotopic (exact) mass is 418 g/mol. The van der Waals surface area contributed by atoms with Crippen molar-refractivity contribution in [2.45, 2.75) is 0 Å². The van der Waals surface area contributed by atoms with Gasteiger partial charge in [-0.1, -0.05) is 35.5 Å². The number of thioether (sulfide) groups is 1. The Balaban J connectivity index is 1.81. The van der Waals surface area contributed by atoms with Gasteiger partial charge < -0.3 is 9.47 Å². The Morgan fingerprint density at radius 1 is 1.15 bits per heavy atom. The number of carbonyl (C=O) groups excluding carboxylic acids is 1. The minimum Gasteiger partial charge on any atom is -0.497 e. The number of amides is 1. The molecule has 0 unspecified atom stereocenters. The van der Waals surface area contributed by atoms with Gasteiger partial charge in [-0.05, 0) is 48.1 Å². The number of hydrogen-bond acceptors (Lipinski definition) is 6. The molecule has 1 heterocycles. The summed E-state index contributed by atoms with van der Waals surface area (Å²) in [5, 5.41) is 6.08. The summed E-state index contributed by atoms with van der Waals surface area (Å²) in [5.74, 6) is 0.976. The molecule has 0 bridgehead atoms. The second-order valence-corrected chi connectivity index (χ2v) is 7.51. The Labute approximate surface area is 171 Å². The number of thiocarbonyl (C=S) groups is 1. The first kappa shape index (κ1) is 19.4. The van der Waals surface area contributed by atoms with Crippen LogP contribution in [0.1, 0.15) is 11.1 Å². The molecule has 1 saturated heterocycles. The smallest absolute Gasteiger partial charge is 0.286 e. The highest BCUT2D eigenvalue weighted by Gasteiger charge is 2.32. The fourth-order valence-electron chi connectivity index (χ4n) is 2.31. The van der Waals surface area contributed by atoms with E-state index in [0.717, 1.165) is 5.56 Å². The first-order valence-electron chi connectivity index (χ1n) is 7.81. The van der Waals surface area contributed by atoms with E-state index in [1.807, 2.05) is 12.1 Å². The summed E-state index contributed by atoms with van der Waals surface area (Å²) < 4.78 is 10.9. The van der Waals surface area contributed by atoms with Gasteiger partial charge in [-0.3, -0.25) is 4.79 Å². The van der Waals surface area contributed by atoms with Crippen LogP contribution >= 0.6 is 35.6 Å². The van der Waals surface area contributed by atoms with Gasteiger partial charge in [0.05, 0.1) is 25.3 Å². The van der Waals surface area contributed by atoms with Crippen LogP contribution in [0.25, 0.3) is 6.08 Å². The highest BCUT2D eigenvalue weighted by atomic mass is 35.5. The number of halogens is 1. The highest BCUT2D eigenvalue weighted by molar-refractivity contribution is 8.26. The molecule has 5 nitrogen and oxygen atoms in total. The van der Waals surface area contributed by atoms with Gasteiger partial charge in [0.1, 0.15) is 11.5 Å². The molecule has 0 N–H and O–H groups in total. The van der Waals surface area contributed by atoms with Crippen LogP contribution in [0.2, 0.25) is 5.02 Å². The Bertz CT molecular complexity index is 942. The van der Waals surface area contributed by atoms with Crippen molar-refractivity contribution in [2.24, 2.45) is 5.10 Å². The fraction of sp³-hybridized carbons (Fsp3) is 0.105. The van der Waals surface area contributed by atoms with Crippen LogP contribution in [0.3, 0.4) is 0 Å². The molecule has 138 valence electrons. The van der Waals surface area contributed by atoms with Gasteiger partial charge in [0.2, 0.25) is 0 Å². The lowest BCUT2D eigenvalue weighted by molar-refractivity contribution is -0.122. The summed E-state index contributed by atoms with van der Waals surface area (Å²) in [6.07, 6.45) is 3.30. The maximum Gasteiger partial charge on any atom is 0.286 e. The van der Waals surface area contributed by atoms with E-state index >= 15 is 0 Å². The van der Waals surface area contributed by atoms with Crippen LogP contribution < -0.4 is 9.47 Å². The van der Waals surface area contributed by atoms with Crippen LogP contribution in [0.4, 0.5) is 0 Å². The van der Waals surface area contributed by atoms with E-state index in [1.54, 1.807) is 50.6 Å².